The third-order valence-electron chi connectivity index (χ3n) is 2.42. The quantitative estimate of drug-likeness (QED) is 0.738. The lowest BCUT2D eigenvalue weighted by molar-refractivity contribution is 0.209. The molecule has 2 amide bonds. The molecule has 2 rings (SSSR count). The highest BCUT2D eigenvalue weighted by Gasteiger charge is 2.38. The van der Waals surface area contributed by atoms with Crippen LogP contribution >= 0.6 is 0 Å². The second-order valence-corrected chi connectivity index (χ2v) is 6.20. The van der Waals surface area contributed by atoms with Crippen molar-refractivity contribution in [2.75, 3.05) is 12.4 Å². The van der Waals surface area contributed by atoms with Crippen LogP contribution in [0.4, 0.5) is 4.79 Å². The Morgan fingerprint density at radius 1 is 1.53 bits per heavy atom. The van der Waals surface area contributed by atoms with E-state index in [2.05, 4.69) is 10.5 Å². The van der Waals surface area contributed by atoms with Gasteiger partial charge in [-0.3, -0.25) is 0 Å². The van der Waals surface area contributed by atoms with Gasteiger partial charge in [0.15, 0.2) is 9.84 Å². The number of rotatable bonds is 3. The fourth-order valence-corrected chi connectivity index (χ4v) is 3.16. The molecule has 0 aromatic heterocycles. The SMILES string of the molecule is CC1=NNC(=O)N(CS(=O)(=O)C2CC2)C1. The molecule has 1 saturated carbocycles. The van der Waals surface area contributed by atoms with Gasteiger partial charge in [-0.1, -0.05) is 0 Å². The average molecular weight is 231 g/mol. The Balaban J connectivity index is 2.05. The molecule has 0 atom stereocenters. The molecule has 0 spiro atoms. The van der Waals surface area contributed by atoms with Crippen molar-refractivity contribution in [3.8, 4) is 0 Å². The Morgan fingerprint density at radius 3 is 2.80 bits per heavy atom. The van der Waals surface area contributed by atoms with Crippen molar-refractivity contribution in [2.24, 2.45) is 5.10 Å². The Kier molecular flexibility index (Phi) is 2.41. The van der Waals surface area contributed by atoms with Crippen LogP contribution in [0.2, 0.25) is 0 Å². The Bertz CT molecular complexity index is 411. The summed E-state index contributed by atoms with van der Waals surface area (Å²) in [5.74, 6) is -0.198. The van der Waals surface area contributed by atoms with E-state index in [9.17, 15) is 13.2 Å². The van der Waals surface area contributed by atoms with E-state index in [4.69, 9.17) is 0 Å². The van der Waals surface area contributed by atoms with Crippen LogP contribution in [0.1, 0.15) is 19.8 Å². The summed E-state index contributed by atoms with van der Waals surface area (Å²) < 4.78 is 23.3. The molecule has 84 valence electrons. The van der Waals surface area contributed by atoms with Gasteiger partial charge >= 0.3 is 6.03 Å². The zero-order valence-corrected chi connectivity index (χ0v) is 9.25. The number of amides is 2. The first-order chi connectivity index (χ1) is 6.99. The maximum absolute atomic E-state index is 11.7. The lowest BCUT2D eigenvalue weighted by Crippen LogP contribution is -2.47. The van der Waals surface area contributed by atoms with E-state index in [-0.39, 0.29) is 17.7 Å². The van der Waals surface area contributed by atoms with E-state index in [0.29, 0.717) is 5.71 Å². The predicted octanol–water partition coefficient (Wildman–Crippen LogP) is -0.0778. The number of nitrogens with zero attached hydrogens (tertiary/aromatic N) is 2. The summed E-state index contributed by atoms with van der Waals surface area (Å²) in [7, 11) is -3.13. The molecule has 0 unspecified atom stereocenters. The number of hydrogen-bond donors (Lipinski definition) is 1. The summed E-state index contributed by atoms with van der Waals surface area (Å²) in [6.07, 6.45) is 1.45. The lowest BCUT2D eigenvalue weighted by atomic mass is 10.4. The summed E-state index contributed by atoms with van der Waals surface area (Å²) in [5, 5.41) is 3.50. The van der Waals surface area contributed by atoms with Crippen LogP contribution in [0.25, 0.3) is 0 Å². The van der Waals surface area contributed by atoms with Crippen molar-refractivity contribution in [3.05, 3.63) is 0 Å². The molecule has 0 aromatic rings. The zero-order valence-electron chi connectivity index (χ0n) is 8.43. The third-order valence-corrected chi connectivity index (χ3v) is 4.58. The molecular weight excluding hydrogens is 218 g/mol. The Hall–Kier alpha value is -1.11. The molecule has 1 N–H and O–H groups in total. The average Bonchev–Trinajstić information content (AvgIpc) is 2.93. The minimum Gasteiger partial charge on any atom is -0.303 e. The highest BCUT2D eigenvalue weighted by Crippen LogP contribution is 2.29. The van der Waals surface area contributed by atoms with Gasteiger partial charge in [0.1, 0.15) is 5.88 Å². The first kappa shape index (κ1) is 10.4. The van der Waals surface area contributed by atoms with Crippen LogP contribution in [0.15, 0.2) is 5.10 Å². The fraction of sp³-hybridized carbons (Fsp3) is 0.750. The molecule has 0 bridgehead atoms. The van der Waals surface area contributed by atoms with Crippen LogP contribution < -0.4 is 5.43 Å². The summed E-state index contributed by atoms with van der Waals surface area (Å²) in [4.78, 5) is 12.6. The van der Waals surface area contributed by atoms with Gasteiger partial charge in [0.2, 0.25) is 0 Å². The van der Waals surface area contributed by atoms with Gasteiger partial charge in [0.05, 0.1) is 17.5 Å². The van der Waals surface area contributed by atoms with Gasteiger partial charge in [-0.25, -0.2) is 18.6 Å². The maximum atomic E-state index is 11.7. The molecule has 1 aliphatic carbocycles. The smallest absolute Gasteiger partial charge is 0.303 e. The molecule has 0 aromatic carbocycles. The van der Waals surface area contributed by atoms with Crippen molar-refractivity contribution < 1.29 is 13.2 Å². The van der Waals surface area contributed by atoms with Gasteiger partial charge in [0.25, 0.3) is 0 Å². The molecule has 0 saturated heterocycles. The first-order valence-electron chi connectivity index (χ1n) is 4.79. The molecule has 15 heavy (non-hydrogen) atoms. The molecule has 1 fully saturated rings. The Morgan fingerprint density at radius 2 is 2.20 bits per heavy atom. The van der Waals surface area contributed by atoms with E-state index in [1.807, 2.05) is 0 Å². The van der Waals surface area contributed by atoms with E-state index < -0.39 is 15.9 Å². The lowest BCUT2D eigenvalue weighted by Gasteiger charge is -2.25. The number of carbonyl (C=O) groups excluding carboxylic acids is 1. The zero-order chi connectivity index (χ0) is 11.1. The largest absolute Gasteiger partial charge is 0.338 e. The second kappa shape index (κ2) is 3.48. The van der Waals surface area contributed by atoms with Crippen molar-refractivity contribution in [2.45, 2.75) is 25.0 Å². The van der Waals surface area contributed by atoms with Gasteiger partial charge in [-0.05, 0) is 19.8 Å². The molecule has 7 heteroatoms. The summed E-state index contributed by atoms with van der Waals surface area (Å²) in [6.45, 7) is 2.04. The van der Waals surface area contributed by atoms with Crippen molar-refractivity contribution in [3.63, 3.8) is 0 Å². The topological polar surface area (TPSA) is 78.8 Å². The van der Waals surface area contributed by atoms with Gasteiger partial charge in [-0.2, -0.15) is 5.10 Å². The molecule has 2 aliphatic rings. The van der Waals surface area contributed by atoms with Crippen molar-refractivity contribution >= 4 is 21.6 Å². The van der Waals surface area contributed by atoms with E-state index in [0.717, 1.165) is 12.8 Å². The molecule has 6 nitrogen and oxygen atoms in total. The van der Waals surface area contributed by atoms with Crippen molar-refractivity contribution in [1.29, 1.82) is 0 Å². The van der Waals surface area contributed by atoms with Gasteiger partial charge < -0.3 is 4.90 Å². The van der Waals surface area contributed by atoms with Crippen LogP contribution in [-0.2, 0) is 9.84 Å². The summed E-state index contributed by atoms with van der Waals surface area (Å²) in [6, 6.07) is -0.440. The Labute approximate surface area is 88.2 Å². The van der Waals surface area contributed by atoms with E-state index in [1.165, 1.54) is 4.90 Å². The van der Waals surface area contributed by atoms with Crippen molar-refractivity contribution in [1.82, 2.24) is 10.3 Å². The highest BCUT2D eigenvalue weighted by molar-refractivity contribution is 7.92. The van der Waals surface area contributed by atoms with Crippen LogP contribution in [-0.4, -0.2) is 42.7 Å². The number of sulfone groups is 1. The van der Waals surface area contributed by atoms with E-state index in [1.54, 1.807) is 6.92 Å². The molecular formula is C8H13N3O3S. The maximum Gasteiger partial charge on any atom is 0.338 e. The monoisotopic (exact) mass is 231 g/mol. The standard InChI is InChI=1S/C8H13N3O3S/c1-6-4-11(8(12)10-9-6)5-15(13,14)7-2-3-7/h7H,2-5H2,1H3,(H,10,12). The van der Waals surface area contributed by atoms with Gasteiger partial charge in [0, 0.05) is 0 Å². The van der Waals surface area contributed by atoms with Gasteiger partial charge in [-0.15, -0.1) is 0 Å². The van der Waals surface area contributed by atoms with E-state index >= 15 is 0 Å². The molecule has 0 radical (unpaired) electrons. The first-order valence-corrected chi connectivity index (χ1v) is 6.50. The normalized spacial score (nSPS) is 22.3. The second-order valence-electron chi connectivity index (χ2n) is 3.95. The fourth-order valence-electron chi connectivity index (χ4n) is 1.45. The minimum absolute atomic E-state index is 0.198. The van der Waals surface area contributed by atoms with Crippen LogP contribution in [0, 0.1) is 0 Å². The number of nitrogens with one attached hydrogen (secondary N) is 1. The number of hydrazone groups is 1. The molecule has 1 aliphatic heterocycles. The summed E-state index contributed by atoms with van der Waals surface area (Å²) >= 11 is 0. The number of hydrogen-bond acceptors (Lipinski definition) is 4. The van der Waals surface area contributed by atoms with Crippen LogP contribution in [0.3, 0.4) is 0 Å². The number of urea groups is 1. The third kappa shape index (κ3) is 2.28. The summed E-state index contributed by atoms with van der Waals surface area (Å²) in [5.41, 5.74) is 2.98. The van der Waals surface area contributed by atoms with Crippen LogP contribution in [0.5, 0.6) is 0 Å². The highest BCUT2D eigenvalue weighted by atomic mass is 32.2. The minimum atomic E-state index is -3.13. The predicted molar refractivity (Wildman–Crippen MR) is 55.2 cm³/mol. The molecule has 1 heterocycles. The number of carbonyl (C=O) groups is 1.